The average molecular weight is 449 g/mol. The molecule has 2 aromatic heterocycles. The van der Waals surface area contributed by atoms with Crippen LogP contribution in [0.15, 0.2) is 30.5 Å². The van der Waals surface area contributed by atoms with E-state index in [0.29, 0.717) is 24.7 Å². The number of hydrogen-bond acceptors (Lipinski definition) is 5. The van der Waals surface area contributed by atoms with Crippen LogP contribution in [0.2, 0.25) is 0 Å². The van der Waals surface area contributed by atoms with Crippen molar-refractivity contribution in [1.29, 1.82) is 0 Å². The van der Waals surface area contributed by atoms with Gasteiger partial charge in [0.25, 0.3) is 5.91 Å². The molecule has 0 saturated carbocycles. The monoisotopic (exact) mass is 448 g/mol. The molecular formula is C25H29FN6O. The first-order valence-corrected chi connectivity index (χ1v) is 11.7. The number of aryl methyl sites for hydroxylation is 1. The maximum absolute atomic E-state index is 13.9. The number of carbonyl (C=O) groups is 1. The summed E-state index contributed by atoms with van der Waals surface area (Å²) in [6.07, 6.45) is 7.86. The summed E-state index contributed by atoms with van der Waals surface area (Å²) in [5.74, 6) is 0.350. The SMILES string of the molecule is CN(C)c1ncc(-c2cccc(F)c2)c([C@@H]2CCN(C(=O)c3n[nH]c4c3CCCCC4)C2)n1. The lowest BCUT2D eigenvalue weighted by atomic mass is 9.96. The number of aromatic amines is 1. The molecule has 1 amide bonds. The van der Waals surface area contributed by atoms with Crippen molar-refractivity contribution in [3.8, 4) is 11.1 Å². The maximum atomic E-state index is 13.9. The van der Waals surface area contributed by atoms with Crippen LogP contribution in [0.5, 0.6) is 0 Å². The van der Waals surface area contributed by atoms with Gasteiger partial charge in [-0.25, -0.2) is 14.4 Å². The van der Waals surface area contributed by atoms with Crippen LogP contribution in [0.1, 0.15) is 59.0 Å². The Labute approximate surface area is 193 Å². The molecule has 1 aliphatic carbocycles. The summed E-state index contributed by atoms with van der Waals surface area (Å²) < 4.78 is 13.9. The fourth-order valence-electron chi connectivity index (χ4n) is 4.94. The fraction of sp³-hybridized carbons (Fsp3) is 0.440. The first-order chi connectivity index (χ1) is 16.0. The number of halogens is 1. The van der Waals surface area contributed by atoms with Gasteiger partial charge in [-0.05, 0) is 49.8 Å². The summed E-state index contributed by atoms with van der Waals surface area (Å²) in [4.78, 5) is 26.4. The van der Waals surface area contributed by atoms with Gasteiger partial charge in [-0.15, -0.1) is 0 Å². The molecule has 172 valence electrons. The highest BCUT2D eigenvalue weighted by atomic mass is 19.1. The van der Waals surface area contributed by atoms with Crippen LogP contribution in [0.4, 0.5) is 10.3 Å². The summed E-state index contributed by atoms with van der Waals surface area (Å²) in [5.41, 5.74) is 5.21. The second-order valence-electron chi connectivity index (χ2n) is 9.20. The van der Waals surface area contributed by atoms with Crippen LogP contribution in [0.3, 0.4) is 0 Å². The summed E-state index contributed by atoms with van der Waals surface area (Å²) in [7, 11) is 3.80. The first-order valence-electron chi connectivity index (χ1n) is 11.7. The predicted molar refractivity (Wildman–Crippen MR) is 125 cm³/mol. The lowest BCUT2D eigenvalue weighted by Gasteiger charge is -2.19. The maximum Gasteiger partial charge on any atom is 0.274 e. The fourth-order valence-corrected chi connectivity index (χ4v) is 4.94. The van der Waals surface area contributed by atoms with Gasteiger partial charge in [-0.3, -0.25) is 9.89 Å². The van der Waals surface area contributed by atoms with E-state index in [1.54, 1.807) is 12.3 Å². The van der Waals surface area contributed by atoms with E-state index >= 15 is 0 Å². The number of H-pyrrole nitrogens is 1. The van der Waals surface area contributed by atoms with Gasteiger partial charge < -0.3 is 9.80 Å². The van der Waals surface area contributed by atoms with Gasteiger partial charge in [0.1, 0.15) is 5.82 Å². The molecule has 2 aliphatic rings. The number of nitrogens with one attached hydrogen (secondary N) is 1. The zero-order valence-electron chi connectivity index (χ0n) is 19.1. The Morgan fingerprint density at radius 3 is 2.88 bits per heavy atom. The van der Waals surface area contributed by atoms with Gasteiger partial charge in [0, 0.05) is 56.1 Å². The number of carbonyl (C=O) groups excluding carboxylic acids is 1. The molecule has 1 fully saturated rings. The highest BCUT2D eigenvalue weighted by molar-refractivity contribution is 5.94. The van der Waals surface area contributed by atoms with E-state index in [4.69, 9.17) is 4.98 Å². The number of fused-ring (bicyclic) bond motifs is 1. The van der Waals surface area contributed by atoms with E-state index in [1.165, 1.54) is 18.6 Å². The summed E-state index contributed by atoms with van der Waals surface area (Å²) in [6, 6.07) is 6.51. The molecule has 0 radical (unpaired) electrons. The van der Waals surface area contributed by atoms with E-state index in [2.05, 4.69) is 15.2 Å². The Bertz CT molecular complexity index is 1170. The summed E-state index contributed by atoms with van der Waals surface area (Å²) in [6.45, 7) is 1.21. The van der Waals surface area contributed by atoms with Gasteiger partial charge >= 0.3 is 0 Å². The lowest BCUT2D eigenvalue weighted by Crippen LogP contribution is -2.29. The van der Waals surface area contributed by atoms with Gasteiger partial charge in [-0.2, -0.15) is 5.10 Å². The second kappa shape index (κ2) is 8.92. The number of benzene rings is 1. The van der Waals surface area contributed by atoms with Crippen molar-refractivity contribution in [3.63, 3.8) is 0 Å². The molecule has 8 heteroatoms. The summed E-state index contributed by atoms with van der Waals surface area (Å²) in [5, 5.41) is 7.51. The largest absolute Gasteiger partial charge is 0.347 e. The minimum absolute atomic E-state index is 0.00825. The van der Waals surface area contributed by atoms with Crippen molar-refractivity contribution >= 4 is 11.9 Å². The topological polar surface area (TPSA) is 78.0 Å². The molecule has 1 N–H and O–H groups in total. The van der Waals surface area contributed by atoms with Crippen LogP contribution in [-0.4, -0.2) is 58.2 Å². The molecule has 33 heavy (non-hydrogen) atoms. The van der Waals surface area contributed by atoms with Crippen molar-refractivity contribution < 1.29 is 9.18 Å². The number of nitrogens with zero attached hydrogens (tertiary/aromatic N) is 5. The zero-order chi connectivity index (χ0) is 22.9. The molecular weight excluding hydrogens is 419 g/mol. The molecule has 0 bridgehead atoms. The average Bonchev–Trinajstić information content (AvgIpc) is 3.40. The van der Waals surface area contributed by atoms with Gasteiger partial charge in [0.2, 0.25) is 5.95 Å². The Morgan fingerprint density at radius 2 is 2.06 bits per heavy atom. The number of amides is 1. The number of rotatable bonds is 4. The number of aromatic nitrogens is 4. The van der Waals surface area contributed by atoms with Crippen LogP contribution < -0.4 is 4.90 Å². The molecule has 5 rings (SSSR count). The third-order valence-corrected chi connectivity index (χ3v) is 6.71. The summed E-state index contributed by atoms with van der Waals surface area (Å²) >= 11 is 0. The van der Waals surface area contributed by atoms with E-state index < -0.39 is 0 Å². The Hall–Kier alpha value is -3.29. The van der Waals surface area contributed by atoms with Gasteiger partial charge in [-0.1, -0.05) is 18.6 Å². The molecule has 7 nitrogen and oxygen atoms in total. The van der Waals surface area contributed by atoms with E-state index in [-0.39, 0.29) is 17.6 Å². The van der Waals surface area contributed by atoms with Crippen molar-refractivity contribution in [3.05, 3.63) is 58.9 Å². The second-order valence-corrected chi connectivity index (χ2v) is 9.20. The Balaban J connectivity index is 1.44. The van der Waals surface area contributed by atoms with Crippen molar-refractivity contribution in [2.24, 2.45) is 0 Å². The highest BCUT2D eigenvalue weighted by Gasteiger charge is 2.33. The Kier molecular flexibility index (Phi) is 5.83. The number of likely N-dealkylation sites (tertiary alicyclic amines) is 1. The molecule has 0 spiro atoms. The van der Waals surface area contributed by atoms with E-state index in [1.807, 2.05) is 30.0 Å². The third kappa shape index (κ3) is 4.21. The van der Waals surface area contributed by atoms with Crippen molar-refractivity contribution in [1.82, 2.24) is 25.1 Å². The minimum Gasteiger partial charge on any atom is -0.347 e. The molecule has 3 heterocycles. The van der Waals surface area contributed by atoms with E-state index in [9.17, 15) is 9.18 Å². The molecule has 1 saturated heterocycles. The molecule has 0 unspecified atom stereocenters. The van der Waals surface area contributed by atoms with Crippen LogP contribution in [0, 0.1) is 5.82 Å². The van der Waals surface area contributed by atoms with Crippen LogP contribution in [-0.2, 0) is 12.8 Å². The normalized spacial score (nSPS) is 18.2. The molecule has 3 aromatic rings. The van der Waals surface area contributed by atoms with Crippen molar-refractivity contribution in [2.75, 3.05) is 32.1 Å². The van der Waals surface area contributed by atoms with Crippen molar-refractivity contribution in [2.45, 2.75) is 44.4 Å². The van der Waals surface area contributed by atoms with Gasteiger partial charge in [0.05, 0.1) is 5.69 Å². The van der Waals surface area contributed by atoms with Gasteiger partial charge in [0.15, 0.2) is 5.69 Å². The standard InChI is InChI=1S/C25H29FN6O/c1-31(2)25-27-14-20(16-7-6-8-18(26)13-16)22(28-25)17-11-12-32(15-17)24(33)23-19-9-4-3-5-10-21(19)29-30-23/h6-8,13-14,17H,3-5,9-12,15H2,1-2H3,(H,29,30)/t17-/m1/s1. The highest BCUT2D eigenvalue weighted by Crippen LogP contribution is 2.35. The van der Waals surface area contributed by atoms with Crippen LogP contribution >= 0.6 is 0 Å². The first kappa shape index (κ1) is 21.6. The van der Waals surface area contributed by atoms with E-state index in [0.717, 1.165) is 60.2 Å². The Morgan fingerprint density at radius 1 is 1.21 bits per heavy atom. The smallest absolute Gasteiger partial charge is 0.274 e. The molecule has 1 atom stereocenters. The quantitative estimate of drug-likeness (QED) is 0.611. The predicted octanol–water partition coefficient (Wildman–Crippen LogP) is 3.97. The molecule has 1 aliphatic heterocycles. The third-order valence-electron chi connectivity index (χ3n) is 6.71. The number of anilines is 1. The van der Waals surface area contributed by atoms with Crippen LogP contribution in [0.25, 0.3) is 11.1 Å². The lowest BCUT2D eigenvalue weighted by molar-refractivity contribution is 0.0783. The molecule has 1 aromatic carbocycles. The number of hydrogen-bond donors (Lipinski definition) is 1. The zero-order valence-corrected chi connectivity index (χ0v) is 19.1. The minimum atomic E-state index is -0.294.